The van der Waals surface area contributed by atoms with Crippen molar-refractivity contribution in [2.45, 2.75) is 12.4 Å². The number of nitrogens with zero attached hydrogens (tertiary/aromatic N) is 1. The van der Waals surface area contributed by atoms with Crippen molar-refractivity contribution < 1.29 is 26.3 Å². The van der Waals surface area contributed by atoms with Crippen LogP contribution in [0.4, 0.5) is 26.3 Å². The first kappa shape index (κ1) is 18.8. The van der Waals surface area contributed by atoms with Crippen LogP contribution in [0.3, 0.4) is 0 Å². The van der Waals surface area contributed by atoms with Crippen molar-refractivity contribution in [2.24, 2.45) is 0 Å². The van der Waals surface area contributed by atoms with Crippen LogP contribution < -0.4 is 0 Å². The molecule has 0 atom stereocenters. The fourth-order valence-electron chi connectivity index (χ4n) is 2.03. The van der Waals surface area contributed by atoms with E-state index in [1.54, 1.807) is 12.1 Å². The van der Waals surface area contributed by atoms with Gasteiger partial charge in [-0.1, -0.05) is 30.3 Å². The SMILES string of the molecule is N#CC(=C1C(=C(\Br)C(F)(F)F)/C1=C(/Br)C(F)(F)F)c1ccccc1. The van der Waals surface area contributed by atoms with Gasteiger partial charge < -0.3 is 0 Å². The number of rotatable bonds is 1. The number of benzene rings is 1. The van der Waals surface area contributed by atoms with E-state index >= 15 is 0 Å². The van der Waals surface area contributed by atoms with E-state index in [4.69, 9.17) is 0 Å². The summed E-state index contributed by atoms with van der Waals surface area (Å²) < 4.78 is 74.6. The largest absolute Gasteiger partial charge is 0.423 e. The van der Waals surface area contributed by atoms with Crippen LogP contribution >= 0.6 is 31.9 Å². The summed E-state index contributed by atoms with van der Waals surface area (Å²) >= 11 is 4.60. The minimum atomic E-state index is -4.88. The molecule has 1 saturated carbocycles. The molecule has 0 saturated heterocycles. The van der Waals surface area contributed by atoms with E-state index < -0.39 is 32.5 Å². The first-order chi connectivity index (χ1) is 11.0. The molecule has 1 aromatic rings. The van der Waals surface area contributed by atoms with E-state index in [0.29, 0.717) is 0 Å². The van der Waals surface area contributed by atoms with E-state index in [9.17, 15) is 31.6 Å². The highest BCUT2D eigenvalue weighted by Crippen LogP contribution is 2.59. The smallest absolute Gasteiger partial charge is 0.192 e. The first-order valence-electron chi connectivity index (χ1n) is 6.15. The number of halogens is 8. The van der Waals surface area contributed by atoms with E-state index in [-0.39, 0.29) is 16.7 Å². The summed E-state index contributed by atoms with van der Waals surface area (Å²) in [4.78, 5) is 0. The molecule has 0 aliphatic heterocycles. The summed E-state index contributed by atoms with van der Waals surface area (Å²) in [6, 6.07) is 9.22. The fourth-order valence-corrected chi connectivity index (χ4v) is 2.82. The molecule has 9 heteroatoms. The monoisotopic (exact) mass is 471 g/mol. The van der Waals surface area contributed by atoms with Gasteiger partial charge in [-0.05, 0) is 37.4 Å². The normalized spacial score (nSPS) is 18.9. The number of nitriles is 1. The van der Waals surface area contributed by atoms with Crippen molar-refractivity contribution >= 4 is 37.4 Å². The Balaban J connectivity index is 2.81. The molecule has 1 fully saturated rings. The molecule has 1 aliphatic rings. The summed E-state index contributed by atoms with van der Waals surface area (Å²) in [6.07, 6.45) is -9.75. The zero-order valence-electron chi connectivity index (χ0n) is 11.4. The molecule has 0 N–H and O–H groups in total. The molecule has 1 aliphatic carbocycles. The summed E-state index contributed by atoms with van der Waals surface area (Å²) in [5.41, 5.74) is -1.76. The van der Waals surface area contributed by atoms with Gasteiger partial charge in [0, 0.05) is 16.7 Å². The van der Waals surface area contributed by atoms with Crippen LogP contribution in [0, 0.1) is 11.3 Å². The zero-order valence-corrected chi connectivity index (χ0v) is 14.5. The Morgan fingerprint density at radius 3 is 1.54 bits per heavy atom. The van der Waals surface area contributed by atoms with Crippen LogP contribution in [0.25, 0.3) is 5.57 Å². The fraction of sp³-hybridized carbons (Fsp3) is 0.133. The molecule has 0 radical (unpaired) electrons. The van der Waals surface area contributed by atoms with Gasteiger partial charge in [0.2, 0.25) is 0 Å². The molecule has 24 heavy (non-hydrogen) atoms. The Bertz CT molecular complexity index is 769. The second-order valence-corrected chi connectivity index (χ2v) is 6.19. The lowest BCUT2D eigenvalue weighted by Crippen LogP contribution is -2.08. The lowest BCUT2D eigenvalue weighted by atomic mass is 10.1. The maximum absolute atomic E-state index is 12.9. The highest BCUT2D eigenvalue weighted by Gasteiger charge is 2.50. The molecular weight excluding hydrogens is 468 g/mol. The van der Waals surface area contributed by atoms with Crippen molar-refractivity contribution in [1.82, 2.24) is 0 Å². The van der Waals surface area contributed by atoms with Gasteiger partial charge in [0.1, 0.15) is 15.0 Å². The first-order valence-corrected chi connectivity index (χ1v) is 7.73. The number of hydrogen-bond donors (Lipinski definition) is 0. The summed E-state index contributed by atoms with van der Waals surface area (Å²) in [6.45, 7) is 0. The van der Waals surface area contributed by atoms with Crippen molar-refractivity contribution in [3.05, 3.63) is 61.6 Å². The van der Waals surface area contributed by atoms with Gasteiger partial charge in [0.15, 0.2) is 0 Å². The average Bonchev–Trinajstić information content (AvgIpc) is 3.20. The van der Waals surface area contributed by atoms with Gasteiger partial charge in [0.25, 0.3) is 0 Å². The molecule has 0 bridgehead atoms. The van der Waals surface area contributed by atoms with Gasteiger partial charge in [0.05, 0.1) is 5.57 Å². The summed E-state index contributed by atoms with van der Waals surface area (Å²) in [5.74, 6) is 0. The third-order valence-electron chi connectivity index (χ3n) is 3.05. The Kier molecular flexibility index (Phi) is 5.02. The molecule has 0 unspecified atom stereocenters. The van der Waals surface area contributed by atoms with Crippen molar-refractivity contribution in [3.8, 4) is 6.07 Å². The minimum absolute atomic E-state index is 0.229. The molecular formula is C15H5Br2F6N. The zero-order chi connectivity index (χ0) is 18.3. The Labute approximate surface area is 149 Å². The maximum atomic E-state index is 12.9. The van der Waals surface area contributed by atoms with E-state index in [0.717, 1.165) is 0 Å². The molecule has 0 spiro atoms. The highest BCUT2D eigenvalue weighted by atomic mass is 79.9. The molecule has 126 valence electrons. The topological polar surface area (TPSA) is 23.8 Å². The van der Waals surface area contributed by atoms with Gasteiger partial charge in [-0.25, -0.2) is 0 Å². The van der Waals surface area contributed by atoms with E-state index in [2.05, 4.69) is 31.9 Å². The molecule has 1 aromatic carbocycles. The van der Waals surface area contributed by atoms with Crippen molar-refractivity contribution in [3.63, 3.8) is 0 Å². The van der Waals surface area contributed by atoms with Crippen LogP contribution in [0.5, 0.6) is 0 Å². The predicted octanol–water partition coefficient (Wildman–Crippen LogP) is 6.40. The number of hydrogen-bond acceptors (Lipinski definition) is 1. The average molecular weight is 473 g/mol. The standard InChI is InChI=1S/C15H5Br2F6N/c16-12(14(18,19)20)10-9(11(10)13(17)15(21,22)23)8(6-24)7-4-2-1-3-5-7/h1-5H/b12-10+,13-11+. The Morgan fingerprint density at radius 1 is 0.792 bits per heavy atom. The molecule has 1 nitrogen and oxygen atoms in total. The van der Waals surface area contributed by atoms with Gasteiger partial charge in [-0.2, -0.15) is 31.6 Å². The quantitative estimate of drug-likeness (QED) is 0.342. The Hall–Kier alpha value is -1.53. The lowest BCUT2D eigenvalue weighted by Gasteiger charge is -2.04. The summed E-state index contributed by atoms with van der Waals surface area (Å²) in [7, 11) is 0. The highest BCUT2D eigenvalue weighted by molar-refractivity contribution is 9.12. The van der Waals surface area contributed by atoms with Gasteiger partial charge in [-0.15, -0.1) is 0 Å². The molecule has 2 rings (SSSR count). The van der Waals surface area contributed by atoms with Crippen LogP contribution in [0.15, 0.2) is 56.0 Å². The summed E-state index contributed by atoms with van der Waals surface area (Å²) in [5, 5.41) is 9.25. The second kappa shape index (κ2) is 6.41. The second-order valence-electron chi connectivity index (χ2n) is 4.60. The molecule has 0 heterocycles. The van der Waals surface area contributed by atoms with Crippen LogP contribution in [0.1, 0.15) is 5.56 Å². The minimum Gasteiger partial charge on any atom is -0.192 e. The van der Waals surface area contributed by atoms with Crippen molar-refractivity contribution in [1.29, 1.82) is 5.26 Å². The van der Waals surface area contributed by atoms with Crippen LogP contribution in [-0.4, -0.2) is 12.4 Å². The maximum Gasteiger partial charge on any atom is 0.423 e. The predicted molar refractivity (Wildman–Crippen MR) is 83.0 cm³/mol. The van der Waals surface area contributed by atoms with Crippen molar-refractivity contribution in [2.75, 3.05) is 0 Å². The third kappa shape index (κ3) is 3.59. The van der Waals surface area contributed by atoms with Crippen LogP contribution in [-0.2, 0) is 0 Å². The number of alkyl halides is 6. The number of allylic oxidation sites excluding steroid dienone is 6. The van der Waals surface area contributed by atoms with Crippen LogP contribution in [0.2, 0.25) is 0 Å². The Morgan fingerprint density at radius 2 is 1.21 bits per heavy atom. The van der Waals surface area contributed by atoms with Gasteiger partial charge >= 0.3 is 12.4 Å². The van der Waals surface area contributed by atoms with Gasteiger partial charge in [-0.3, -0.25) is 0 Å². The van der Waals surface area contributed by atoms with E-state index in [1.807, 2.05) is 0 Å². The van der Waals surface area contributed by atoms with E-state index in [1.165, 1.54) is 24.3 Å². The molecule has 0 amide bonds. The third-order valence-corrected chi connectivity index (χ3v) is 4.74. The molecule has 0 aromatic heterocycles. The lowest BCUT2D eigenvalue weighted by molar-refractivity contribution is -0.0849.